The predicted molar refractivity (Wildman–Crippen MR) is 144 cm³/mol. The van der Waals surface area contributed by atoms with Gasteiger partial charge in [0, 0.05) is 24.7 Å². The number of rotatable bonds is 7. The summed E-state index contributed by atoms with van der Waals surface area (Å²) in [5.74, 6) is 0.584. The maximum absolute atomic E-state index is 13.6. The quantitative estimate of drug-likeness (QED) is 0.424. The Morgan fingerprint density at radius 1 is 1.19 bits per heavy atom. The largest absolute Gasteiger partial charge is 0.355 e. The van der Waals surface area contributed by atoms with Crippen molar-refractivity contribution < 1.29 is 13.2 Å². The van der Waals surface area contributed by atoms with Crippen molar-refractivity contribution in [3.63, 3.8) is 0 Å². The molecule has 4 heterocycles. The molecule has 0 aliphatic carbocycles. The highest BCUT2D eigenvalue weighted by atomic mass is 35.5. The van der Waals surface area contributed by atoms with Crippen LogP contribution in [0.15, 0.2) is 47.8 Å². The van der Waals surface area contributed by atoms with Gasteiger partial charge < -0.3 is 9.80 Å². The maximum Gasteiger partial charge on any atom is 0.256 e. The van der Waals surface area contributed by atoms with Crippen LogP contribution in [0.3, 0.4) is 0 Å². The van der Waals surface area contributed by atoms with Gasteiger partial charge in [-0.1, -0.05) is 32.2 Å². The first-order chi connectivity index (χ1) is 16.5. The average molecular weight is 535 g/mol. The van der Waals surface area contributed by atoms with E-state index in [-0.39, 0.29) is 35.7 Å². The lowest BCUT2D eigenvalue weighted by Crippen LogP contribution is -2.41. The van der Waals surface area contributed by atoms with Gasteiger partial charge in [0.2, 0.25) is 10.0 Å². The average Bonchev–Trinajstić information content (AvgIpc) is 3.44. The van der Waals surface area contributed by atoms with E-state index in [1.54, 1.807) is 9.42 Å². The van der Waals surface area contributed by atoms with Crippen LogP contribution in [0.2, 0.25) is 0 Å². The van der Waals surface area contributed by atoms with Gasteiger partial charge in [-0.2, -0.15) is 0 Å². The summed E-state index contributed by atoms with van der Waals surface area (Å²) in [4.78, 5) is 22.5. The molecule has 0 saturated carbocycles. The summed E-state index contributed by atoms with van der Waals surface area (Å²) in [5, 5.41) is 4.93. The molecule has 0 spiro atoms. The van der Waals surface area contributed by atoms with Gasteiger partial charge >= 0.3 is 0 Å². The van der Waals surface area contributed by atoms with E-state index in [1.165, 1.54) is 6.08 Å². The number of halogens is 1. The minimum absolute atomic E-state index is 0. The third-order valence-corrected chi connectivity index (χ3v) is 7.04. The summed E-state index contributed by atoms with van der Waals surface area (Å²) in [6, 6.07) is 1.74. The number of nitrogens with one attached hydrogen (secondary N) is 1. The Morgan fingerprint density at radius 2 is 1.86 bits per heavy atom. The van der Waals surface area contributed by atoms with E-state index in [0.717, 1.165) is 74.2 Å². The molecular formula is C25H35ClN6O3S. The van der Waals surface area contributed by atoms with Crippen molar-refractivity contribution in [3.05, 3.63) is 59.1 Å². The highest BCUT2D eigenvalue weighted by Gasteiger charge is 2.33. The normalized spacial score (nSPS) is 18.8. The zero-order chi connectivity index (χ0) is 25.3. The summed E-state index contributed by atoms with van der Waals surface area (Å²) in [6.07, 6.45) is 9.06. The van der Waals surface area contributed by atoms with Crippen molar-refractivity contribution in [2.75, 3.05) is 30.8 Å². The summed E-state index contributed by atoms with van der Waals surface area (Å²) < 4.78 is 27.6. The molecule has 0 aromatic carbocycles. The Balaban J connectivity index is 0.00000361. The number of imidazole rings is 1. The van der Waals surface area contributed by atoms with E-state index in [1.807, 2.05) is 19.2 Å². The van der Waals surface area contributed by atoms with E-state index < -0.39 is 10.0 Å². The molecule has 1 unspecified atom stereocenters. The van der Waals surface area contributed by atoms with E-state index in [4.69, 9.17) is 21.7 Å². The number of anilines is 1. The number of aromatic nitrogens is 3. The van der Waals surface area contributed by atoms with E-state index in [9.17, 15) is 13.2 Å². The molecule has 0 bridgehead atoms. The van der Waals surface area contributed by atoms with Crippen molar-refractivity contribution in [1.82, 2.24) is 24.2 Å². The van der Waals surface area contributed by atoms with Gasteiger partial charge in [-0.05, 0) is 56.7 Å². The van der Waals surface area contributed by atoms with E-state index in [0.29, 0.717) is 6.54 Å². The molecule has 0 radical (unpaired) electrons. The number of hydrogen-bond donors (Lipinski definition) is 1. The highest BCUT2D eigenvalue weighted by Crippen LogP contribution is 2.33. The monoisotopic (exact) mass is 534 g/mol. The molecule has 1 N–H and O–H groups in total. The van der Waals surface area contributed by atoms with Gasteiger partial charge in [-0.3, -0.25) is 9.52 Å². The molecule has 36 heavy (non-hydrogen) atoms. The lowest BCUT2D eigenvalue weighted by Gasteiger charge is -2.35. The van der Waals surface area contributed by atoms with Crippen molar-refractivity contribution in [3.8, 4) is 0 Å². The number of sulfonamides is 1. The molecule has 4 rings (SSSR count). The van der Waals surface area contributed by atoms with Crippen molar-refractivity contribution in [1.29, 1.82) is 0 Å². The number of allylic oxidation sites excluding steroid dienone is 2. The molecule has 11 heteroatoms. The van der Waals surface area contributed by atoms with Crippen LogP contribution in [0.5, 0.6) is 0 Å². The third-order valence-electron chi connectivity index (χ3n) is 6.31. The lowest BCUT2D eigenvalue weighted by molar-refractivity contribution is -0.130. The van der Waals surface area contributed by atoms with Crippen LogP contribution in [0, 0.1) is 6.92 Å². The van der Waals surface area contributed by atoms with Crippen molar-refractivity contribution in [2.24, 2.45) is 0 Å². The minimum atomic E-state index is -3.63. The number of likely N-dealkylation sites (tertiary alicyclic amines) is 1. The fourth-order valence-corrected chi connectivity index (χ4v) is 5.44. The number of piperidine rings is 1. The summed E-state index contributed by atoms with van der Waals surface area (Å²) in [7, 11) is -3.63. The maximum atomic E-state index is 13.6. The first kappa shape index (κ1) is 27.7. The molecule has 2 saturated heterocycles. The van der Waals surface area contributed by atoms with Crippen molar-refractivity contribution in [2.45, 2.75) is 52.5 Å². The molecular weight excluding hydrogens is 500 g/mol. The number of amides is 1. The van der Waals surface area contributed by atoms with Gasteiger partial charge in [0.25, 0.3) is 5.91 Å². The molecule has 196 valence electrons. The number of hydrogen-bond acceptors (Lipinski definition) is 6. The second kappa shape index (κ2) is 11.0. The molecule has 9 nitrogen and oxygen atoms in total. The second-order valence-corrected chi connectivity index (χ2v) is 11.4. The van der Waals surface area contributed by atoms with Crippen LogP contribution >= 0.6 is 11.6 Å². The third kappa shape index (κ3) is 6.10. The number of carbonyl (C=O) groups excluding carboxylic acids is 1. The Labute approximate surface area is 218 Å². The minimum Gasteiger partial charge on any atom is -0.355 e. The number of nitrogens with zero attached hydrogens (tertiary/aromatic N) is 5. The van der Waals surface area contributed by atoms with Gasteiger partial charge in [-0.15, -0.1) is 5.10 Å². The molecule has 2 aliphatic heterocycles. The first-order valence-electron chi connectivity index (χ1n) is 11.7. The van der Waals surface area contributed by atoms with Gasteiger partial charge in [-0.25, -0.2) is 17.9 Å². The second-order valence-electron chi connectivity index (χ2n) is 9.18. The Kier molecular flexibility index (Phi) is 8.51. The van der Waals surface area contributed by atoms with Crippen LogP contribution in [-0.2, 0) is 14.8 Å². The zero-order valence-corrected chi connectivity index (χ0v) is 21.7. The first-order valence-corrected chi connectivity index (χ1v) is 14.0. The lowest BCUT2D eigenvalue weighted by atomic mass is 9.98. The summed E-state index contributed by atoms with van der Waals surface area (Å²) in [5.41, 5.74) is 2.55. The Hall–Kier alpha value is -2.85. The summed E-state index contributed by atoms with van der Waals surface area (Å²) in [6.45, 7) is 11.9. The smallest absolute Gasteiger partial charge is 0.256 e. The van der Waals surface area contributed by atoms with E-state index in [2.05, 4.69) is 22.8 Å². The molecule has 1 amide bonds. The Bertz CT molecular complexity index is 1310. The van der Waals surface area contributed by atoms with Gasteiger partial charge in [0.1, 0.15) is 0 Å². The van der Waals surface area contributed by atoms with Crippen LogP contribution < -0.4 is 9.62 Å². The van der Waals surface area contributed by atoms with Crippen LogP contribution in [0.25, 0.3) is 5.65 Å². The Morgan fingerprint density at radius 3 is 2.50 bits per heavy atom. The number of carbonyl (C=O) groups is 1. The molecule has 2 aromatic rings. The summed E-state index contributed by atoms with van der Waals surface area (Å²) >= 11 is 5.97. The number of fused-ring (bicyclic) bond motifs is 1. The van der Waals surface area contributed by atoms with Gasteiger partial charge in [0.05, 0.1) is 35.5 Å². The fourth-order valence-electron chi connectivity index (χ4n) is 4.77. The molecule has 2 fully saturated rings. The standard InChI is InChI=1S/C24H31ClN6O3S.CH4/c1-16-13-22-26-20(15-31(22)27-23(16)29-10-7-8-11-29)21-9-5-6-12-30(21)24(32)19(14-17(2)25)18(3)28-35(4,33)34;/h13-15,21,28H,2-3,5-12H2,1,4H3;1H4/b19-14+;. The van der Waals surface area contributed by atoms with Crippen LogP contribution in [-0.4, -0.2) is 59.7 Å². The van der Waals surface area contributed by atoms with Crippen molar-refractivity contribution >= 4 is 39.0 Å². The molecule has 1 atom stereocenters. The molecule has 2 aromatic heterocycles. The predicted octanol–water partition coefficient (Wildman–Crippen LogP) is 4.07. The van der Waals surface area contributed by atoms with Crippen LogP contribution in [0.1, 0.15) is 56.8 Å². The number of aryl methyl sites for hydroxylation is 1. The SMILES string of the molecule is C.C=C(Cl)/C=C(\C(=C)NS(C)(=O)=O)C(=O)N1CCCCC1c1cn2nc(N3CCCC3)c(C)cc2n1. The van der Waals surface area contributed by atoms with Gasteiger partial charge in [0.15, 0.2) is 11.5 Å². The topological polar surface area (TPSA) is 99.9 Å². The zero-order valence-electron chi connectivity index (χ0n) is 20.1. The molecule has 2 aliphatic rings. The fraction of sp³-hybridized carbons (Fsp3) is 0.480. The highest BCUT2D eigenvalue weighted by molar-refractivity contribution is 7.88. The van der Waals surface area contributed by atoms with Crippen LogP contribution in [0.4, 0.5) is 5.82 Å². The van der Waals surface area contributed by atoms with E-state index >= 15 is 0 Å².